The second-order valence-corrected chi connectivity index (χ2v) is 7.81. The van der Waals surface area contributed by atoms with Crippen LogP contribution in [0.5, 0.6) is 0 Å². The molecular weight excluding hydrogens is 432 g/mol. The molecule has 1 aromatic carbocycles. The molecule has 4 rings (SSSR count). The van der Waals surface area contributed by atoms with E-state index in [0.717, 1.165) is 18.8 Å². The van der Waals surface area contributed by atoms with Crippen molar-refractivity contribution < 1.29 is 9.53 Å². The van der Waals surface area contributed by atoms with Gasteiger partial charge in [0.2, 0.25) is 0 Å². The number of nitrogens with one attached hydrogen (secondary N) is 1. The third-order valence-electron chi connectivity index (χ3n) is 5.69. The lowest BCUT2D eigenvalue weighted by atomic mass is 10.1. The predicted octanol–water partition coefficient (Wildman–Crippen LogP) is 1.69. The lowest BCUT2D eigenvalue weighted by molar-refractivity contribution is -0.117. The van der Waals surface area contributed by atoms with Crippen LogP contribution in [0.2, 0.25) is 0 Å². The van der Waals surface area contributed by atoms with Crippen LogP contribution in [0, 0.1) is 11.3 Å². The molecule has 9 nitrogen and oxygen atoms in total. The highest BCUT2D eigenvalue weighted by Gasteiger charge is 2.23. The first-order valence-electron chi connectivity index (χ1n) is 11.1. The van der Waals surface area contributed by atoms with Gasteiger partial charge in [0.15, 0.2) is 0 Å². The smallest absolute Gasteiger partial charge is 0.267 e. The van der Waals surface area contributed by atoms with Crippen molar-refractivity contribution in [1.29, 1.82) is 5.26 Å². The van der Waals surface area contributed by atoms with Gasteiger partial charge in [-0.25, -0.2) is 4.98 Å². The van der Waals surface area contributed by atoms with Gasteiger partial charge in [-0.1, -0.05) is 24.3 Å². The quantitative estimate of drug-likeness (QED) is 0.327. The summed E-state index contributed by atoms with van der Waals surface area (Å²) in [5.74, 6) is -0.0849. The van der Waals surface area contributed by atoms with E-state index in [2.05, 4.69) is 22.3 Å². The van der Waals surface area contributed by atoms with E-state index in [-0.39, 0.29) is 23.2 Å². The average molecular weight is 459 g/mol. The number of carbonyl (C=O) groups is 1. The number of pyridine rings is 1. The number of aromatic nitrogens is 2. The topological polar surface area (TPSA) is 103 Å². The van der Waals surface area contributed by atoms with Crippen LogP contribution < -0.4 is 20.7 Å². The van der Waals surface area contributed by atoms with Crippen molar-refractivity contribution >= 4 is 29.1 Å². The molecule has 1 aliphatic rings. The molecule has 0 bridgehead atoms. The Morgan fingerprint density at radius 2 is 1.82 bits per heavy atom. The first kappa shape index (κ1) is 23.0. The second-order valence-electron chi connectivity index (χ2n) is 7.81. The Labute approximate surface area is 197 Å². The minimum Gasteiger partial charge on any atom is -0.383 e. The summed E-state index contributed by atoms with van der Waals surface area (Å²) in [5.41, 5.74) is 1.38. The van der Waals surface area contributed by atoms with Crippen molar-refractivity contribution in [3.05, 3.63) is 76.2 Å². The maximum absolute atomic E-state index is 13.4. The SMILES string of the molecule is COCCNC(=O)/C(C#N)=C/c1c(N2CCN(c3ccccc3)CC2)nc2ccccn2c1=O. The number of methoxy groups -OCH3 is 1. The van der Waals surface area contributed by atoms with Crippen LogP contribution >= 0.6 is 0 Å². The predicted molar refractivity (Wildman–Crippen MR) is 131 cm³/mol. The number of nitrogens with zero attached hydrogens (tertiary/aromatic N) is 5. The molecule has 34 heavy (non-hydrogen) atoms. The molecule has 1 amide bonds. The van der Waals surface area contributed by atoms with Crippen molar-refractivity contribution in [2.45, 2.75) is 0 Å². The van der Waals surface area contributed by atoms with Gasteiger partial charge in [-0.15, -0.1) is 0 Å². The molecule has 1 N–H and O–H groups in total. The van der Waals surface area contributed by atoms with E-state index in [1.165, 1.54) is 17.6 Å². The molecule has 1 fully saturated rings. The highest BCUT2D eigenvalue weighted by Crippen LogP contribution is 2.23. The normalized spacial score (nSPS) is 14.2. The largest absolute Gasteiger partial charge is 0.383 e. The summed E-state index contributed by atoms with van der Waals surface area (Å²) >= 11 is 0. The van der Waals surface area contributed by atoms with E-state index in [1.807, 2.05) is 35.2 Å². The van der Waals surface area contributed by atoms with E-state index in [1.54, 1.807) is 18.3 Å². The van der Waals surface area contributed by atoms with E-state index >= 15 is 0 Å². The highest BCUT2D eigenvalue weighted by atomic mass is 16.5. The van der Waals surface area contributed by atoms with Crippen molar-refractivity contribution in [2.75, 3.05) is 56.2 Å². The molecule has 0 spiro atoms. The number of fused-ring (bicyclic) bond motifs is 1. The fourth-order valence-electron chi connectivity index (χ4n) is 3.93. The van der Waals surface area contributed by atoms with Gasteiger partial charge in [-0.2, -0.15) is 5.26 Å². The maximum atomic E-state index is 13.4. The Kier molecular flexibility index (Phi) is 7.20. The number of hydrogen-bond acceptors (Lipinski definition) is 7. The molecule has 0 saturated carbocycles. The molecule has 0 atom stereocenters. The van der Waals surface area contributed by atoms with Crippen LogP contribution in [0.25, 0.3) is 11.7 Å². The van der Waals surface area contributed by atoms with E-state index in [0.29, 0.717) is 31.2 Å². The first-order valence-corrected chi connectivity index (χ1v) is 11.1. The zero-order valence-electron chi connectivity index (χ0n) is 19.0. The van der Waals surface area contributed by atoms with Crippen LogP contribution in [-0.4, -0.2) is 61.7 Å². The molecule has 0 unspecified atom stereocenters. The number of carbonyl (C=O) groups excluding carboxylic acids is 1. The Morgan fingerprint density at radius 1 is 1.12 bits per heavy atom. The number of piperazine rings is 1. The average Bonchev–Trinajstić information content (AvgIpc) is 2.89. The molecule has 174 valence electrons. The Bertz CT molecular complexity index is 1290. The fourth-order valence-corrected chi connectivity index (χ4v) is 3.93. The third kappa shape index (κ3) is 4.92. The van der Waals surface area contributed by atoms with Gasteiger partial charge < -0.3 is 19.9 Å². The molecule has 1 aliphatic heterocycles. The fraction of sp³-hybridized carbons (Fsp3) is 0.280. The molecule has 3 heterocycles. The number of benzene rings is 1. The summed E-state index contributed by atoms with van der Waals surface area (Å²) in [5, 5.41) is 12.3. The van der Waals surface area contributed by atoms with Crippen molar-refractivity contribution in [1.82, 2.24) is 14.7 Å². The summed E-state index contributed by atoms with van der Waals surface area (Å²) in [6.07, 6.45) is 2.97. The van der Waals surface area contributed by atoms with Crippen molar-refractivity contribution in [3.63, 3.8) is 0 Å². The Balaban J connectivity index is 1.69. The van der Waals surface area contributed by atoms with Crippen LogP contribution in [0.4, 0.5) is 11.5 Å². The number of amides is 1. The molecule has 9 heteroatoms. The summed E-state index contributed by atoms with van der Waals surface area (Å²) in [4.78, 5) is 35.0. The van der Waals surface area contributed by atoms with Gasteiger partial charge in [-0.3, -0.25) is 14.0 Å². The summed E-state index contributed by atoms with van der Waals surface area (Å²) < 4.78 is 6.36. The Hall–Kier alpha value is -4.16. The summed E-state index contributed by atoms with van der Waals surface area (Å²) in [6.45, 7) is 3.39. The van der Waals surface area contributed by atoms with Gasteiger partial charge >= 0.3 is 0 Å². The van der Waals surface area contributed by atoms with E-state index < -0.39 is 5.91 Å². The molecule has 0 radical (unpaired) electrons. The maximum Gasteiger partial charge on any atom is 0.267 e. The van der Waals surface area contributed by atoms with E-state index in [4.69, 9.17) is 9.72 Å². The van der Waals surface area contributed by atoms with Gasteiger partial charge in [0, 0.05) is 51.7 Å². The molecule has 0 aliphatic carbocycles. The zero-order chi connectivity index (χ0) is 23.9. The van der Waals surface area contributed by atoms with Crippen LogP contribution in [-0.2, 0) is 9.53 Å². The zero-order valence-corrected chi connectivity index (χ0v) is 19.0. The van der Waals surface area contributed by atoms with Crippen molar-refractivity contribution in [2.24, 2.45) is 0 Å². The second kappa shape index (κ2) is 10.6. The Morgan fingerprint density at radius 3 is 2.53 bits per heavy atom. The number of anilines is 2. The summed E-state index contributed by atoms with van der Waals surface area (Å²) in [6, 6.07) is 17.4. The number of nitriles is 1. The van der Waals surface area contributed by atoms with Gasteiger partial charge in [0.1, 0.15) is 23.1 Å². The molecule has 2 aromatic heterocycles. The number of ether oxygens (including phenoxy) is 1. The summed E-state index contributed by atoms with van der Waals surface area (Å²) in [7, 11) is 1.53. The lowest BCUT2D eigenvalue weighted by Gasteiger charge is -2.37. The van der Waals surface area contributed by atoms with Crippen molar-refractivity contribution in [3.8, 4) is 6.07 Å². The van der Waals surface area contributed by atoms with Gasteiger partial charge in [-0.05, 0) is 30.3 Å². The van der Waals surface area contributed by atoms with Crippen LogP contribution in [0.15, 0.2) is 65.1 Å². The minimum absolute atomic E-state index is 0.157. The standard InChI is InChI=1S/C25H26N6O3/c1-34-16-10-27-24(32)19(18-26)17-21-23(28-22-9-5-6-11-31(22)25(21)33)30-14-12-29(13-15-30)20-7-3-2-4-8-20/h2-9,11,17H,10,12-16H2,1H3,(H,27,32)/b19-17+. The lowest BCUT2D eigenvalue weighted by Crippen LogP contribution is -2.47. The van der Waals surface area contributed by atoms with E-state index in [9.17, 15) is 14.9 Å². The monoisotopic (exact) mass is 458 g/mol. The van der Waals surface area contributed by atoms with Crippen LogP contribution in [0.1, 0.15) is 5.56 Å². The molecule has 3 aromatic rings. The number of hydrogen-bond donors (Lipinski definition) is 1. The minimum atomic E-state index is -0.558. The molecule has 1 saturated heterocycles. The number of rotatable bonds is 7. The molecular formula is C25H26N6O3. The van der Waals surface area contributed by atoms with Crippen LogP contribution in [0.3, 0.4) is 0 Å². The van der Waals surface area contributed by atoms with Gasteiger partial charge in [0.25, 0.3) is 11.5 Å². The first-order chi connectivity index (χ1) is 16.6. The van der Waals surface area contributed by atoms with Gasteiger partial charge in [0.05, 0.1) is 12.2 Å². The number of para-hydroxylation sites is 1. The highest BCUT2D eigenvalue weighted by molar-refractivity contribution is 6.02. The third-order valence-corrected chi connectivity index (χ3v) is 5.69.